The second-order valence-electron chi connectivity index (χ2n) is 5.06. The molecule has 18 heavy (non-hydrogen) atoms. The molecule has 5 heteroatoms. The van der Waals surface area contributed by atoms with Crippen molar-refractivity contribution in [3.63, 3.8) is 0 Å². The molecule has 104 valence electrons. The van der Waals surface area contributed by atoms with Crippen LogP contribution in [0.3, 0.4) is 0 Å². The van der Waals surface area contributed by atoms with Crippen LogP contribution < -0.4 is 5.32 Å². The van der Waals surface area contributed by atoms with Crippen molar-refractivity contribution in [1.82, 2.24) is 10.2 Å². The van der Waals surface area contributed by atoms with Crippen molar-refractivity contribution in [2.45, 2.75) is 45.6 Å². The topological polar surface area (TPSA) is 69.6 Å². The van der Waals surface area contributed by atoms with Gasteiger partial charge < -0.3 is 15.3 Å². The van der Waals surface area contributed by atoms with E-state index in [4.69, 9.17) is 5.11 Å². The van der Waals surface area contributed by atoms with Crippen molar-refractivity contribution < 1.29 is 14.7 Å². The third-order valence-electron chi connectivity index (χ3n) is 3.30. The lowest BCUT2D eigenvalue weighted by atomic mass is 9.91. The largest absolute Gasteiger partial charge is 0.396 e. The van der Waals surface area contributed by atoms with Gasteiger partial charge in [-0.25, -0.2) is 0 Å². The number of piperidine rings is 1. The maximum Gasteiger partial charge on any atom is 0.222 e. The second-order valence-corrected chi connectivity index (χ2v) is 5.06. The summed E-state index contributed by atoms with van der Waals surface area (Å²) in [4.78, 5) is 24.9. The fourth-order valence-electron chi connectivity index (χ4n) is 2.56. The zero-order chi connectivity index (χ0) is 13.5. The molecule has 0 saturated carbocycles. The number of carbonyl (C=O) groups is 2. The van der Waals surface area contributed by atoms with E-state index in [0.717, 1.165) is 12.8 Å². The summed E-state index contributed by atoms with van der Waals surface area (Å²) >= 11 is 0. The zero-order valence-electron chi connectivity index (χ0n) is 11.3. The summed E-state index contributed by atoms with van der Waals surface area (Å²) in [7, 11) is 0. The number of hydrogen-bond donors (Lipinski definition) is 2. The Kier molecular flexibility index (Phi) is 6.12. The van der Waals surface area contributed by atoms with E-state index in [9.17, 15) is 9.59 Å². The SMILES string of the molecule is CCCC(=O)N1CC(CCO)CC(NC(C)=O)C1. The van der Waals surface area contributed by atoms with Crippen LogP contribution in [-0.2, 0) is 9.59 Å². The lowest BCUT2D eigenvalue weighted by Crippen LogP contribution is -2.52. The Morgan fingerprint density at radius 2 is 2.11 bits per heavy atom. The van der Waals surface area contributed by atoms with Crippen LogP contribution in [0.25, 0.3) is 0 Å². The summed E-state index contributed by atoms with van der Waals surface area (Å²) in [6.07, 6.45) is 2.92. The summed E-state index contributed by atoms with van der Waals surface area (Å²) in [5.74, 6) is 0.365. The average Bonchev–Trinajstić information content (AvgIpc) is 2.28. The molecule has 5 nitrogen and oxygen atoms in total. The van der Waals surface area contributed by atoms with Gasteiger partial charge in [-0.1, -0.05) is 6.92 Å². The van der Waals surface area contributed by atoms with Crippen molar-refractivity contribution in [2.24, 2.45) is 5.92 Å². The summed E-state index contributed by atoms with van der Waals surface area (Å²) < 4.78 is 0. The molecule has 0 aromatic carbocycles. The quantitative estimate of drug-likeness (QED) is 0.753. The number of hydrogen-bond acceptors (Lipinski definition) is 3. The molecule has 1 saturated heterocycles. The predicted octanol–water partition coefficient (Wildman–Crippen LogP) is 0.522. The molecule has 0 spiro atoms. The zero-order valence-corrected chi connectivity index (χ0v) is 11.3. The van der Waals surface area contributed by atoms with Gasteiger partial charge in [-0.3, -0.25) is 9.59 Å². The molecular weight excluding hydrogens is 232 g/mol. The number of nitrogens with zero attached hydrogens (tertiary/aromatic N) is 1. The number of rotatable bonds is 5. The van der Waals surface area contributed by atoms with Crippen LogP contribution in [0.4, 0.5) is 0 Å². The van der Waals surface area contributed by atoms with Crippen LogP contribution in [-0.4, -0.2) is 47.6 Å². The van der Waals surface area contributed by atoms with Crippen LogP contribution in [0.15, 0.2) is 0 Å². The van der Waals surface area contributed by atoms with Crippen molar-refractivity contribution >= 4 is 11.8 Å². The summed E-state index contributed by atoms with van der Waals surface area (Å²) in [6.45, 7) is 4.91. The molecule has 1 fully saturated rings. The minimum absolute atomic E-state index is 0.0219. The van der Waals surface area contributed by atoms with Crippen LogP contribution in [0.1, 0.15) is 39.5 Å². The number of aliphatic hydroxyl groups is 1. The van der Waals surface area contributed by atoms with Crippen LogP contribution >= 0.6 is 0 Å². The molecule has 0 aromatic heterocycles. The Hall–Kier alpha value is -1.10. The Morgan fingerprint density at radius 3 is 2.67 bits per heavy atom. The van der Waals surface area contributed by atoms with E-state index >= 15 is 0 Å². The molecule has 1 rings (SSSR count). The first kappa shape index (κ1) is 15.0. The number of aliphatic hydroxyl groups excluding tert-OH is 1. The minimum atomic E-state index is -0.0625. The standard InChI is InChI=1S/C13H24N2O3/c1-3-4-13(18)15-8-11(5-6-16)7-12(9-15)14-10(2)17/h11-12,16H,3-9H2,1-2H3,(H,14,17). The number of likely N-dealkylation sites (tertiary alicyclic amines) is 1. The first-order valence-electron chi connectivity index (χ1n) is 6.72. The number of carbonyl (C=O) groups excluding carboxylic acids is 2. The highest BCUT2D eigenvalue weighted by molar-refractivity contribution is 5.77. The first-order valence-corrected chi connectivity index (χ1v) is 6.72. The Labute approximate surface area is 109 Å². The maximum atomic E-state index is 11.9. The Balaban J connectivity index is 2.61. The van der Waals surface area contributed by atoms with Gasteiger partial charge in [0.25, 0.3) is 0 Å². The molecule has 1 heterocycles. The van der Waals surface area contributed by atoms with E-state index in [0.29, 0.717) is 25.9 Å². The fourth-order valence-corrected chi connectivity index (χ4v) is 2.56. The van der Waals surface area contributed by atoms with E-state index in [2.05, 4.69) is 5.32 Å². The number of amides is 2. The van der Waals surface area contributed by atoms with Crippen molar-refractivity contribution in [3.05, 3.63) is 0 Å². The van der Waals surface area contributed by atoms with Crippen molar-refractivity contribution in [1.29, 1.82) is 0 Å². The van der Waals surface area contributed by atoms with E-state index in [1.807, 2.05) is 11.8 Å². The van der Waals surface area contributed by atoms with Gasteiger partial charge in [0.15, 0.2) is 0 Å². The summed E-state index contributed by atoms with van der Waals surface area (Å²) in [5.41, 5.74) is 0. The first-order chi connectivity index (χ1) is 8.56. The van der Waals surface area contributed by atoms with Gasteiger partial charge in [-0.05, 0) is 25.2 Å². The van der Waals surface area contributed by atoms with Crippen molar-refractivity contribution in [3.8, 4) is 0 Å². The second kappa shape index (κ2) is 7.36. The van der Waals surface area contributed by atoms with Crippen LogP contribution in [0.5, 0.6) is 0 Å². The Bertz CT molecular complexity index is 294. The highest BCUT2D eigenvalue weighted by Crippen LogP contribution is 2.20. The van der Waals surface area contributed by atoms with E-state index in [-0.39, 0.29) is 30.4 Å². The smallest absolute Gasteiger partial charge is 0.222 e. The monoisotopic (exact) mass is 256 g/mol. The van der Waals surface area contributed by atoms with Gasteiger partial charge >= 0.3 is 0 Å². The van der Waals surface area contributed by atoms with Gasteiger partial charge in [0.1, 0.15) is 0 Å². The molecule has 2 amide bonds. The van der Waals surface area contributed by atoms with Gasteiger partial charge in [0.05, 0.1) is 0 Å². The molecule has 2 unspecified atom stereocenters. The van der Waals surface area contributed by atoms with Gasteiger partial charge in [-0.2, -0.15) is 0 Å². The third kappa shape index (κ3) is 4.64. The molecule has 1 aliphatic heterocycles. The third-order valence-corrected chi connectivity index (χ3v) is 3.30. The highest BCUT2D eigenvalue weighted by atomic mass is 16.3. The molecule has 0 aromatic rings. The molecule has 2 N–H and O–H groups in total. The molecule has 2 atom stereocenters. The molecule has 0 radical (unpaired) electrons. The van der Waals surface area contributed by atoms with E-state index < -0.39 is 0 Å². The van der Waals surface area contributed by atoms with Gasteiger partial charge in [-0.15, -0.1) is 0 Å². The average molecular weight is 256 g/mol. The molecule has 1 aliphatic rings. The molecule has 0 bridgehead atoms. The lowest BCUT2D eigenvalue weighted by Gasteiger charge is -2.38. The van der Waals surface area contributed by atoms with Crippen LogP contribution in [0.2, 0.25) is 0 Å². The normalized spacial score (nSPS) is 23.8. The molecule has 0 aliphatic carbocycles. The van der Waals surface area contributed by atoms with E-state index in [1.54, 1.807) is 0 Å². The predicted molar refractivity (Wildman–Crippen MR) is 68.9 cm³/mol. The van der Waals surface area contributed by atoms with Crippen LogP contribution in [0, 0.1) is 5.92 Å². The van der Waals surface area contributed by atoms with Crippen molar-refractivity contribution in [2.75, 3.05) is 19.7 Å². The van der Waals surface area contributed by atoms with E-state index in [1.165, 1.54) is 6.92 Å². The lowest BCUT2D eigenvalue weighted by molar-refractivity contribution is -0.134. The van der Waals surface area contributed by atoms with Gasteiger partial charge in [0.2, 0.25) is 11.8 Å². The fraction of sp³-hybridized carbons (Fsp3) is 0.846. The summed E-state index contributed by atoms with van der Waals surface area (Å²) in [6, 6.07) is 0.0219. The molecular formula is C13H24N2O3. The Morgan fingerprint density at radius 1 is 1.39 bits per heavy atom. The van der Waals surface area contributed by atoms with Gasteiger partial charge in [0, 0.05) is 39.1 Å². The summed E-state index contributed by atoms with van der Waals surface area (Å²) in [5, 5.41) is 11.9. The minimum Gasteiger partial charge on any atom is -0.396 e. The number of nitrogens with one attached hydrogen (secondary N) is 1. The maximum absolute atomic E-state index is 11.9. The highest BCUT2D eigenvalue weighted by Gasteiger charge is 2.29.